The number of aliphatic hydroxyl groups is 1. The zero-order valence-corrected chi connectivity index (χ0v) is 12.7. The second-order valence-electron chi connectivity index (χ2n) is 5.81. The van der Waals surface area contributed by atoms with Gasteiger partial charge in [0.05, 0.1) is 0 Å². The van der Waals surface area contributed by atoms with Crippen molar-refractivity contribution in [2.24, 2.45) is 0 Å². The first-order valence-electron chi connectivity index (χ1n) is 7.63. The second kappa shape index (κ2) is 5.22. The van der Waals surface area contributed by atoms with Gasteiger partial charge in [0.25, 0.3) is 5.91 Å². The maximum absolute atomic E-state index is 12.1. The Balaban J connectivity index is 1.82. The lowest BCUT2D eigenvalue weighted by atomic mass is 9.92. The molecule has 24 heavy (non-hydrogen) atoms. The number of aromatic hydroxyl groups is 1. The number of benzene rings is 3. The number of carbonyl (C=O) groups is 1. The van der Waals surface area contributed by atoms with Gasteiger partial charge in [-0.05, 0) is 17.7 Å². The predicted octanol–water partition coefficient (Wildman–Crippen LogP) is 3.00. The predicted molar refractivity (Wildman–Crippen MR) is 90.4 cm³/mol. The molecule has 1 aliphatic rings. The highest BCUT2D eigenvalue weighted by atomic mass is 16.3. The Labute approximate surface area is 139 Å². The third-order valence-electron chi connectivity index (χ3n) is 4.36. The van der Waals surface area contributed by atoms with Crippen LogP contribution in [-0.4, -0.2) is 16.1 Å². The molecular weight excluding hydrogens is 302 g/mol. The van der Waals surface area contributed by atoms with Gasteiger partial charge in [0.1, 0.15) is 5.75 Å². The second-order valence-corrected chi connectivity index (χ2v) is 5.81. The van der Waals surface area contributed by atoms with Crippen LogP contribution in [0.5, 0.6) is 5.75 Å². The lowest BCUT2D eigenvalue weighted by molar-refractivity contribution is 0.0474. The molecule has 0 radical (unpaired) electrons. The van der Waals surface area contributed by atoms with E-state index < -0.39 is 5.72 Å². The summed E-state index contributed by atoms with van der Waals surface area (Å²) < 4.78 is 0. The molecule has 4 rings (SSSR count). The van der Waals surface area contributed by atoms with E-state index >= 15 is 0 Å². The molecule has 0 aliphatic carbocycles. The van der Waals surface area contributed by atoms with Gasteiger partial charge >= 0.3 is 0 Å². The lowest BCUT2D eigenvalue weighted by Crippen LogP contribution is -2.40. The maximum atomic E-state index is 12.1. The van der Waals surface area contributed by atoms with Crippen LogP contribution in [0.4, 0.5) is 0 Å². The zero-order chi connectivity index (χ0) is 16.7. The van der Waals surface area contributed by atoms with E-state index in [4.69, 9.17) is 0 Å². The van der Waals surface area contributed by atoms with E-state index in [0.717, 1.165) is 5.56 Å². The number of nitrogens with one attached hydrogen (secondary N) is 1. The number of hydrogen-bond acceptors (Lipinski definition) is 3. The van der Waals surface area contributed by atoms with E-state index in [1.807, 2.05) is 30.3 Å². The molecule has 0 aromatic heterocycles. The summed E-state index contributed by atoms with van der Waals surface area (Å²) in [5.41, 5.74) is 1.25. The van der Waals surface area contributed by atoms with Crippen molar-refractivity contribution in [2.45, 2.75) is 5.72 Å². The Morgan fingerprint density at radius 1 is 0.833 bits per heavy atom. The Morgan fingerprint density at radius 3 is 2.29 bits per heavy atom. The molecule has 1 aliphatic heterocycles. The summed E-state index contributed by atoms with van der Waals surface area (Å²) in [5, 5.41) is 24.0. The van der Waals surface area contributed by atoms with Crippen molar-refractivity contribution in [3.8, 4) is 16.9 Å². The molecule has 1 unspecified atom stereocenters. The minimum Gasteiger partial charge on any atom is -0.507 e. The number of rotatable bonds is 2. The fraction of sp³-hybridized carbons (Fsp3) is 0.0500. The van der Waals surface area contributed by atoms with Crippen LogP contribution in [-0.2, 0) is 5.72 Å². The van der Waals surface area contributed by atoms with E-state index in [-0.39, 0.29) is 11.7 Å². The molecule has 0 saturated carbocycles. The van der Waals surface area contributed by atoms with Crippen molar-refractivity contribution < 1.29 is 15.0 Å². The maximum Gasteiger partial charge on any atom is 0.254 e. The average Bonchev–Trinajstić information content (AvgIpc) is 2.88. The standard InChI is InChI=1S/C20H15NO3/c22-18-12-14(10-11-15(18)13-6-2-1-3-7-13)20(24)17-9-5-4-8-16(17)19(23)21-20/h1-12,22,24H,(H,21,23). The van der Waals surface area contributed by atoms with E-state index in [9.17, 15) is 15.0 Å². The highest BCUT2D eigenvalue weighted by Gasteiger charge is 2.42. The first-order chi connectivity index (χ1) is 11.6. The Bertz CT molecular complexity index is 937. The van der Waals surface area contributed by atoms with Crippen molar-refractivity contribution in [2.75, 3.05) is 0 Å². The van der Waals surface area contributed by atoms with Crippen molar-refractivity contribution in [3.05, 3.63) is 89.5 Å². The van der Waals surface area contributed by atoms with Gasteiger partial charge in [0.15, 0.2) is 5.72 Å². The molecular formula is C20H15NO3. The molecule has 0 fully saturated rings. The SMILES string of the molecule is O=C1NC(O)(c2ccc(-c3ccccc3)c(O)c2)c2ccccc21. The summed E-state index contributed by atoms with van der Waals surface area (Å²) in [6, 6.07) is 21.3. The molecule has 3 N–H and O–H groups in total. The van der Waals surface area contributed by atoms with Crippen LogP contribution in [0.3, 0.4) is 0 Å². The molecule has 0 bridgehead atoms. The number of phenols is 1. The largest absolute Gasteiger partial charge is 0.507 e. The summed E-state index contributed by atoms with van der Waals surface area (Å²) >= 11 is 0. The van der Waals surface area contributed by atoms with Crippen LogP contribution in [0.15, 0.2) is 72.8 Å². The van der Waals surface area contributed by atoms with Crippen LogP contribution in [0.2, 0.25) is 0 Å². The molecule has 3 aromatic carbocycles. The molecule has 4 heteroatoms. The topological polar surface area (TPSA) is 69.6 Å². The van der Waals surface area contributed by atoms with Gasteiger partial charge in [-0.25, -0.2) is 0 Å². The minimum atomic E-state index is -1.64. The summed E-state index contributed by atoms with van der Waals surface area (Å²) in [4.78, 5) is 12.1. The zero-order valence-electron chi connectivity index (χ0n) is 12.7. The number of hydrogen-bond donors (Lipinski definition) is 3. The third-order valence-corrected chi connectivity index (χ3v) is 4.36. The summed E-state index contributed by atoms with van der Waals surface area (Å²) in [7, 11) is 0. The van der Waals surface area contributed by atoms with E-state index in [1.165, 1.54) is 6.07 Å². The smallest absolute Gasteiger partial charge is 0.254 e. The van der Waals surface area contributed by atoms with Gasteiger partial charge in [-0.3, -0.25) is 4.79 Å². The molecule has 0 saturated heterocycles. The molecule has 3 aromatic rings. The number of phenolic OH excluding ortho intramolecular Hbond substituents is 1. The number of fused-ring (bicyclic) bond motifs is 1. The molecule has 1 atom stereocenters. The van der Waals surface area contributed by atoms with Gasteiger partial charge in [0, 0.05) is 22.3 Å². The fourth-order valence-corrected chi connectivity index (χ4v) is 3.14. The van der Waals surface area contributed by atoms with Gasteiger partial charge in [0.2, 0.25) is 0 Å². The monoisotopic (exact) mass is 317 g/mol. The fourth-order valence-electron chi connectivity index (χ4n) is 3.14. The van der Waals surface area contributed by atoms with Gasteiger partial charge in [-0.15, -0.1) is 0 Å². The van der Waals surface area contributed by atoms with Crippen molar-refractivity contribution in [1.29, 1.82) is 0 Å². The number of amides is 1. The summed E-state index contributed by atoms with van der Waals surface area (Å²) in [5.74, 6) is -0.287. The number of carbonyl (C=O) groups excluding carboxylic acids is 1. The molecule has 1 amide bonds. The van der Waals surface area contributed by atoms with Crippen molar-refractivity contribution in [3.63, 3.8) is 0 Å². The normalized spacial score (nSPS) is 19.0. The van der Waals surface area contributed by atoms with Crippen LogP contribution in [0.25, 0.3) is 11.1 Å². The van der Waals surface area contributed by atoms with Crippen LogP contribution >= 0.6 is 0 Å². The van der Waals surface area contributed by atoms with E-state index in [1.54, 1.807) is 36.4 Å². The van der Waals surface area contributed by atoms with Crippen LogP contribution < -0.4 is 5.32 Å². The van der Waals surface area contributed by atoms with Crippen molar-refractivity contribution in [1.82, 2.24) is 5.32 Å². The van der Waals surface area contributed by atoms with E-state index in [2.05, 4.69) is 5.32 Å². The first-order valence-corrected chi connectivity index (χ1v) is 7.63. The van der Waals surface area contributed by atoms with Gasteiger partial charge < -0.3 is 15.5 Å². The highest BCUT2D eigenvalue weighted by molar-refractivity contribution is 6.00. The molecule has 118 valence electrons. The van der Waals surface area contributed by atoms with Crippen molar-refractivity contribution >= 4 is 5.91 Å². The quantitative estimate of drug-likeness (QED) is 0.680. The van der Waals surface area contributed by atoms with Gasteiger partial charge in [-0.1, -0.05) is 60.7 Å². The third kappa shape index (κ3) is 2.08. The summed E-state index contributed by atoms with van der Waals surface area (Å²) in [6.07, 6.45) is 0. The molecule has 1 heterocycles. The molecule has 0 spiro atoms. The van der Waals surface area contributed by atoms with Crippen LogP contribution in [0, 0.1) is 0 Å². The summed E-state index contributed by atoms with van der Waals surface area (Å²) in [6.45, 7) is 0. The Morgan fingerprint density at radius 2 is 1.54 bits per heavy atom. The first kappa shape index (κ1) is 14.5. The Kier molecular flexibility index (Phi) is 3.15. The van der Waals surface area contributed by atoms with E-state index in [0.29, 0.717) is 22.3 Å². The Hall–Kier alpha value is -3.11. The molecule has 4 nitrogen and oxygen atoms in total. The lowest BCUT2D eigenvalue weighted by Gasteiger charge is -2.25. The minimum absolute atomic E-state index is 0.0470. The highest BCUT2D eigenvalue weighted by Crippen LogP contribution is 2.38. The van der Waals surface area contributed by atoms with Crippen LogP contribution in [0.1, 0.15) is 21.5 Å². The van der Waals surface area contributed by atoms with Gasteiger partial charge in [-0.2, -0.15) is 0 Å². The average molecular weight is 317 g/mol.